The van der Waals surface area contributed by atoms with E-state index >= 15 is 0 Å². The standard InChI is InChI=1S/C19H20N4O2/c1-13-20-21-18(25-13)14-7-9-15(10-8-14)19(24)23-12-4-6-17(23)16-5-3-11-22(16)2/h3,5,7-11,17H,4,6,12H2,1-2H3. The second-order valence-electron chi connectivity index (χ2n) is 6.40. The van der Waals surface area contributed by atoms with E-state index in [4.69, 9.17) is 4.42 Å². The van der Waals surface area contributed by atoms with Gasteiger partial charge in [-0.25, -0.2) is 0 Å². The Morgan fingerprint density at radius 1 is 1.20 bits per heavy atom. The van der Waals surface area contributed by atoms with Gasteiger partial charge in [0.25, 0.3) is 5.91 Å². The Bertz CT molecular complexity index is 894. The van der Waals surface area contributed by atoms with Crippen molar-refractivity contribution >= 4 is 5.91 Å². The smallest absolute Gasteiger partial charge is 0.254 e. The average Bonchev–Trinajstić information content (AvgIpc) is 3.35. The van der Waals surface area contributed by atoms with Crippen molar-refractivity contribution in [3.63, 3.8) is 0 Å². The molecule has 1 aliphatic rings. The molecule has 1 atom stereocenters. The molecule has 0 spiro atoms. The fourth-order valence-corrected chi connectivity index (χ4v) is 3.47. The second-order valence-corrected chi connectivity index (χ2v) is 6.40. The minimum absolute atomic E-state index is 0.0666. The lowest BCUT2D eigenvalue weighted by Crippen LogP contribution is -2.31. The van der Waals surface area contributed by atoms with E-state index in [2.05, 4.69) is 20.8 Å². The van der Waals surface area contributed by atoms with Crippen LogP contribution in [0.4, 0.5) is 0 Å². The third-order valence-corrected chi connectivity index (χ3v) is 4.74. The fraction of sp³-hybridized carbons (Fsp3) is 0.316. The van der Waals surface area contributed by atoms with Crippen molar-refractivity contribution in [2.45, 2.75) is 25.8 Å². The minimum Gasteiger partial charge on any atom is -0.421 e. The number of nitrogens with zero attached hydrogens (tertiary/aromatic N) is 4. The molecule has 3 heterocycles. The van der Waals surface area contributed by atoms with Crippen LogP contribution in [0.15, 0.2) is 47.0 Å². The van der Waals surface area contributed by atoms with Gasteiger partial charge in [0.15, 0.2) is 0 Å². The number of amides is 1. The van der Waals surface area contributed by atoms with Gasteiger partial charge in [-0.05, 0) is 49.2 Å². The zero-order chi connectivity index (χ0) is 17.4. The summed E-state index contributed by atoms with van der Waals surface area (Å²) in [5.74, 6) is 1.06. The molecule has 25 heavy (non-hydrogen) atoms. The van der Waals surface area contributed by atoms with Crippen molar-refractivity contribution in [3.05, 3.63) is 59.7 Å². The Morgan fingerprint density at radius 2 is 2.00 bits per heavy atom. The largest absolute Gasteiger partial charge is 0.421 e. The van der Waals surface area contributed by atoms with Crippen LogP contribution < -0.4 is 0 Å². The van der Waals surface area contributed by atoms with Crippen LogP contribution in [-0.4, -0.2) is 32.1 Å². The van der Waals surface area contributed by atoms with E-state index in [0.717, 1.165) is 24.9 Å². The van der Waals surface area contributed by atoms with Crippen LogP contribution in [0.1, 0.15) is 40.8 Å². The van der Waals surface area contributed by atoms with E-state index < -0.39 is 0 Å². The average molecular weight is 336 g/mol. The molecule has 1 aliphatic heterocycles. The Morgan fingerprint density at radius 3 is 2.64 bits per heavy atom. The Balaban J connectivity index is 1.57. The molecule has 0 bridgehead atoms. The van der Waals surface area contributed by atoms with Crippen molar-refractivity contribution in [1.29, 1.82) is 0 Å². The highest BCUT2D eigenvalue weighted by atomic mass is 16.4. The number of aromatic nitrogens is 3. The zero-order valence-corrected chi connectivity index (χ0v) is 14.3. The van der Waals surface area contributed by atoms with Crippen LogP contribution >= 0.6 is 0 Å². The first-order chi connectivity index (χ1) is 12.1. The van der Waals surface area contributed by atoms with E-state index in [1.807, 2.05) is 48.5 Å². The first-order valence-electron chi connectivity index (χ1n) is 8.46. The van der Waals surface area contributed by atoms with Crippen LogP contribution in [-0.2, 0) is 7.05 Å². The summed E-state index contributed by atoms with van der Waals surface area (Å²) >= 11 is 0. The summed E-state index contributed by atoms with van der Waals surface area (Å²) in [5.41, 5.74) is 2.68. The third-order valence-electron chi connectivity index (χ3n) is 4.74. The molecule has 6 heteroatoms. The predicted molar refractivity (Wildman–Crippen MR) is 92.9 cm³/mol. The molecule has 128 valence electrons. The number of carbonyl (C=O) groups excluding carboxylic acids is 1. The van der Waals surface area contributed by atoms with Crippen molar-refractivity contribution in [3.8, 4) is 11.5 Å². The molecular weight excluding hydrogens is 316 g/mol. The summed E-state index contributed by atoms with van der Waals surface area (Å²) in [5, 5.41) is 7.84. The summed E-state index contributed by atoms with van der Waals surface area (Å²) in [6, 6.07) is 11.6. The van der Waals surface area contributed by atoms with E-state index in [0.29, 0.717) is 17.3 Å². The quantitative estimate of drug-likeness (QED) is 0.736. The van der Waals surface area contributed by atoms with Crippen LogP contribution in [0.2, 0.25) is 0 Å². The molecule has 1 saturated heterocycles. The van der Waals surface area contributed by atoms with E-state index in [9.17, 15) is 4.79 Å². The maximum Gasteiger partial charge on any atom is 0.254 e. The Labute approximate surface area is 146 Å². The summed E-state index contributed by atoms with van der Waals surface area (Å²) in [4.78, 5) is 15.0. The lowest BCUT2D eigenvalue weighted by atomic mass is 10.1. The molecule has 2 aromatic heterocycles. The maximum atomic E-state index is 13.0. The number of hydrogen-bond acceptors (Lipinski definition) is 4. The first-order valence-corrected chi connectivity index (χ1v) is 8.46. The molecule has 0 aliphatic carbocycles. The van der Waals surface area contributed by atoms with Gasteiger partial charge < -0.3 is 13.9 Å². The molecule has 0 N–H and O–H groups in total. The molecule has 1 aromatic carbocycles. The van der Waals surface area contributed by atoms with Gasteiger partial charge in [-0.1, -0.05) is 0 Å². The third kappa shape index (κ3) is 2.84. The number of likely N-dealkylation sites (tertiary alicyclic amines) is 1. The molecule has 0 saturated carbocycles. The van der Waals surface area contributed by atoms with Crippen molar-refractivity contribution < 1.29 is 9.21 Å². The molecule has 3 aromatic rings. The molecular formula is C19H20N4O2. The number of benzene rings is 1. The zero-order valence-electron chi connectivity index (χ0n) is 14.3. The maximum absolute atomic E-state index is 13.0. The molecule has 1 amide bonds. The number of carbonyl (C=O) groups is 1. The van der Waals surface area contributed by atoms with Gasteiger partial charge in [-0.2, -0.15) is 0 Å². The summed E-state index contributed by atoms with van der Waals surface area (Å²) < 4.78 is 7.52. The van der Waals surface area contributed by atoms with Gasteiger partial charge in [0.2, 0.25) is 11.8 Å². The Kier molecular flexibility index (Phi) is 3.87. The highest BCUT2D eigenvalue weighted by Crippen LogP contribution is 2.33. The normalized spacial score (nSPS) is 17.2. The monoisotopic (exact) mass is 336 g/mol. The van der Waals surface area contributed by atoms with Crippen molar-refractivity contribution in [2.24, 2.45) is 7.05 Å². The summed E-state index contributed by atoms with van der Waals surface area (Å²) in [7, 11) is 2.03. The predicted octanol–water partition coefficient (Wildman–Crippen LogP) is 3.36. The van der Waals surface area contributed by atoms with Gasteiger partial charge in [0, 0.05) is 43.5 Å². The van der Waals surface area contributed by atoms with Crippen LogP contribution in [0.5, 0.6) is 0 Å². The summed E-state index contributed by atoms with van der Waals surface area (Å²) in [6.07, 6.45) is 4.06. The Hall–Kier alpha value is -2.89. The van der Waals surface area contributed by atoms with Crippen molar-refractivity contribution in [1.82, 2.24) is 19.7 Å². The lowest BCUT2D eigenvalue weighted by Gasteiger charge is -2.25. The summed E-state index contributed by atoms with van der Waals surface area (Å²) in [6.45, 7) is 2.55. The van der Waals surface area contributed by atoms with E-state index in [-0.39, 0.29) is 11.9 Å². The highest BCUT2D eigenvalue weighted by Gasteiger charge is 2.31. The molecule has 0 radical (unpaired) electrons. The van der Waals surface area contributed by atoms with Gasteiger partial charge in [-0.15, -0.1) is 10.2 Å². The molecule has 4 rings (SSSR count). The van der Waals surface area contributed by atoms with E-state index in [1.165, 1.54) is 5.69 Å². The van der Waals surface area contributed by atoms with Crippen LogP contribution in [0.3, 0.4) is 0 Å². The molecule has 1 fully saturated rings. The number of rotatable bonds is 3. The lowest BCUT2D eigenvalue weighted by molar-refractivity contribution is 0.0731. The molecule has 1 unspecified atom stereocenters. The number of aryl methyl sites for hydroxylation is 2. The number of hydrogen-bond donors (Lipinski definition) is 0. The van der Waals surface area contributed by atoms with Gasteiger partial charge >= 0.3 is 0 Å². The highest BCUT2D eigenvalue weighted by molar-refractivity contribution is 5.95. The van der Waals surface area contributed by atoms with Gasteiger partial charge in [-0.3, -0.25) is 4.79 Å². The molecule has 6 nitrogen and oxygen atoms in total. The second kappa shape index (κ2) is 6.20. The minimum atomic E-state index is 0.0666. The topological polar surface area (TPSA) is 64.2 Å². The van der Waals surface area contributed by atoms with Gasteiger partial charge in [0.05, 0.1) is 6.04 Å². The SMILES string of the molecule is Cc1nnc(-c2ccc(C(=O)N3CCCC3c3cccn3C)cc2)o1. The van der Waals surface area contributed by atoms with Crippen LogP contribution in [0, 0.1) is 6.92 Å². The first kappa shape index (κ1) is 15.6. The fourth-order valence-electron chi connectivity index (χ4n) is 3.47. The van der Waals surface area contributed by atoms with Gasteiger partial charge in [0.1, 0.15) is 0 Å². The van der Waals surface area contributed by atoms with Crippen LogP contribution in [0.25, 0.3) is 11.5 Å². The van der Waals surface area contributed by atoms with Crippen molar-refractivity contribution in [2.75, 3.05) is 6.54 Å². The van der Waals surface area contributed by atoms with E-state index in [1.54, 1.807) is 6.92 Å².